The highest BCUT2D eigenvalue weighted by Gasteiger charge is 2.13. The van der Waals surface area contributed by atoms with E-state index >= 15 is 0 Å². The fraction of sp³-hybridized carbons (Fsp3) is 0.176. The zero-order chi connectivity index (χ0) is 17.4. The van der Waals surface area contributed by atoms with Gasteiger partial charge in [0.2, 0.25) is 0 Å². The zero-order valence-electron chi connectivity index (χ0n) is 13.3. The van der Waals surface area contributed by atoms with Crippen molar-refractivity contribution in [3.05, 3.63) is 54.1 Å². The average Bonchev–Trinajstić information content (AvgIpc) is 3.12. The number of furan rings is 1. The second-order valence-electron chi connectivity index (χ2n) is 4.65. The lowest BCUT2D eigenvalue weighted by Gasteiger charge is -2.11. The SMILES string of the molecule is COc1ccc(OC)c(NC(=O)/C(C#N)=C\NCc2ccco2)c1. The minimum Gasteiger partial charge on any atom is -0.497 e. The minimum atomic E-state index is -0.559. The fourth-order valence-electron chi connectivity index (χ4n) is 1.92. The van der Waals surface area contributed by atoms with Crippen LogP contribution >= 0.6 is 0 Å². The molecule has 2 aromatic rings. The minimum absolute atomic E-state index is 0.0774. The molecule has 0 saturated heterocycles. The van der Waals surface area contributed by atoms with Gasteiger partial charge in [-0.25, -0.2) is 0 Å². The molecule has 0 aliphatic carbocycles. The van der Waals surface area contributed by atoms with E-state index in [1.54, 1.807) is 36.6 Å². The van der Waals surface area contributed by atoms with Crippen molar-refractivity contribution in [3.63, 3.8) is 0 Å². The van der Waals surface area contributed by atoms with Crippen molar-refractivity contribution in [1.29, 1.82) is 5.26 Å². The van der Waals surface area contributed by atoms with Crippen LogP contribution < -0.4 is 20.1 Å². The first-order chi connectivity index (χ1) is 11.7. The molecule has 2 rings (SSSR count). The second kappa shape index (κ2) is 8.29. The maximum absolute atomic E-state index is 12.2. The van der Waals surface area contributed by atoms with E-state index < -0.39 is 5.91 Å². The van der Waals surface area contributed by atoms with Gasteiger partial charge in [0.25, 0.3) is 5.91 Å². The van der Waals surface area contributed by atoms with Crippen LogP contribution in [0.3, 0.4) is 0 Å². The normalized spacial score (nSPS) is 10.6. The fourth-order valence-corrected chi connectivity index (χ4v) is 1.92. The molecule has 0 aliphatic heterocycles. The molecule has 0 spiro atoms. The average molecular weight is 327 g/mol. The lowest BCUT2D eigenvalue weighted by Crippen LogP contribution is -2.17. The van der Waals surface area contributed by atoms with Crippen molar-refractivity contribution in [1.82, 2.24) is 5.32 Å². The Morgan fingerprint density at radius 2 is 2.17 bits per heavy atom. The number of nitriles is 1. The quantitative estimate of drug-likeness (QED) is 0.599. The van der Waals surface area contributed by atoms with Gasteiger partial charge in [-0.1, -0.05) is 0 Å². The van der Waals surface area contributed by atoms with Crippen molar-refractivity contribution in [2.24, 2.45) is 0 Å². The van der Waals surface area contributed by atoms with Gasteiger partial charge in [0, 0.05) is 12.3 Å². The monoisotopic (exact) mass is 327 g/mol. The molecule has 0 aliphatic rings. The molecule has 1 aromatic carbocycles. The number of ether oxygens (including phenoxy) is 2. The van der Waals surface area contributed by atoms with E-state index in [0.717, 1.165) is 0 Å². The lowest BCUT2D eigenvalue weighted by atomic mass is 10.2. The predicted octanol–water partition coefficient (Wildman–Crippen LogP) is 2.43. The predicted molar refractivity (Wildman–Crippen MR) is 87.4 cm³/mol. The summed E-state index contributed by atoms with van der Waals surface area (Å²) in [5.74, 6) is 1.16. The summed E-state index contributed by atoms with van der Waals surface area (Å²) < 4.78 is 15.5. The highest BCUT2D eigenvalue weighted by molar-refractivity contribution is 6.07. The number of amides is 1. The van der Waals surface area contributed by atoms with E-state index in [1.807, 2.05) is 6.07 Å². The summed E-state index contributed by atoms with van der Waals surface area (Å²) in [6.07, 6.45) is 2.89. The Labute approximate surface area is 139 Å². The Morgan fingerprint density at radius 1 is 1.33 bits per heavy atom. The molecule has 0 bridgehead atoms. The van der Waals surface area contributed by atoms with Gasteiger partial charge in [-0.2, -0.15) is 5.26 Å². The third kappa shape index (κ3) is 4.30. The van der Waals surface area contributed by atoms with E-state index in [2.05, 4.69) is 10.6 Å². The number of nitrogens with zero attached hydrogens (tertiary/aromatic N) is 1. The van der Waals surface area contributed by atoms with E-state index in [9.17, 15) is 4.79 Å². The molecule has 2 N–H and O–H groups in total. The Hall–Kier alpha value is -3.40. The number of carbonyl (C=O) groups excluding carboxylic acids is 1. The van der Waals surface area contributed by atoms with Gasteiger partial charge in [0.15, 0.2) is 0 Å². The van der Waals surface area contributed by atoms with E-state index in [-0.39, 0.29) is 5.57 Å². The van der Waals surface area contributed by atoms with Crippen LogP contribution in [0.15, 0.2) is 52.8 Å². The van der Waals surface area contributed by atoms with Gasteiger partial charge in [0.05, 0.1) is 32.7 Å². The van der Waals surface area contributed by atoms with E-state index in [1.165, 1.54) is 20.4 Å². The van der Waals surface area contributed by atoms with Gasteiger partial charge in [-0.3, -0.25) is 4.79 Å². The van der Waals surface area contributed by atoms with E-state index in [0.29, 0.717) is 29.5 Å². The van der Waals surface area contributed by atoms with Crippen molar-refractivity contribution < 1.29 is 18.7 Å². The smallest absolute Gasteiger partial charge is 0.267 e. The summed E-state index contributed by atoms with van der Waals surface area (Å²) >= 11 is 0. The van der Waals surface area contributed by atoms with Crippen LogP contribution in [-0.2, 0) is 11.3 Å². The van der Waals surface area contributed by atoms with Crippen LogP contribution in [0.2, 0.25) is 0 Å². The van der Waals surface area contributed by atoms with Crippen LogP contribution in [0.5, 0.6) is 11.5 Å². The first-order valence-corrected chi connectivity index (χ1v) is 7.07. The van der Waals surface area contributed by atoms with Gasteiger partial charge < -0.3 is 24.5 Å². The summed E-state index contributed by atoms with van der Waals surface area (Å²) in [6, 6.07) is 10.4. The van der Waals surface area contributed by atoms with Crippen molar-refractivity contribution >= 4 is 11.6 Å². The van der Waals surface area contributed by atoms with Gasteiger partial charge in [0.1, 0.15) is 28.9 Å². The molecule has 24 heavy (non-hydrogen) atoms. The number of nitrogens with one attached hydrogen (secondary N) is 2. The number of hydrogen-bond acceptors (Lipinski definition) is 6. The van der Waals surface area contributed by atoms with Crippen molar-refractivity contribution in [3.8, 4) is 17.6 Å². The van der Waals surface area contributed by atoms with Gasteiger partial charge in [-0.15, -0.1) is 0 Å². The molecule has 7 nitrogen and oxygen atoms in total. The molecule has 1 aromatic heterocycles. The first kappa shape index (κ1) is 17.0. The van der Waals surface area contributed by atoms with Gasteiger partial charge >= 0.3 is 0 Å². The summed E-state index contributed by atoms with van der Waals surface area (Å²) in [6.45, 7) is 0.369. The second-order valence-corrected chi connectivity index (χ2v) is 4.65. The molecule has 1 amide bonds. The molecule has 0 saturated carbocycles. The molecule has 0 fully saturated rings. The van der Waals surface area contributed by atoms with Crippen LogP contribution in [0.4, 0.5) is 5.69 Å². The third-order valence-corrected chi connectivity index (χ3v) is 3.12. The molecular formula is C17H17N3O4. The van der Waals surface area contributed by atoms with Crippen LogP contribution in [0.25, 0.3) is 0 Å². The molecule has 124 valence electrons. The molecule has 0 radical (unpaired) electrons. The number of rotatable bonds is 7. The molecule has 0 atom stereocenters. The molecular weight excluding hydrogens is 310 g/mol. The third-order valence-electron chi connectivity index (χ3n) is 3.12. The van der Waals surface area contributed by atoms with E-state index in [4.69, 9.17) is 19.2 Å². The van der Waals surface area contributed by atoms with Crippen molar-refractivity contribution in [2.45, 2.75) is 6.54 Å². The highest BCUT2D eigenvalue weighted by Crippen LogP contribution is 2.29. The number of methoxy groups -OCH3 is 2. The summed E-state index contributed by atoms with van der Waals surface area (Å²) in [5.41, 5.74) is 0.334. The maximum Gasteiger partial charge on any atom is 0.267 e. The summed E-state index contributed by atoms with van der Waals surface area (Å²) in [7, 11) is 3.01. The zero-order valence-corrected chi connectivity index (χ0v) is 13.3. The number of anilines is 1. The van der Waals surface area contributed by atoms with Crippen LogP contribution in [0, 0.1) is 11.3 Å². The summed E-state index contributed by atoms with van der Waals surface area (Å²) in [4.78, 5) is 12.2. The Morgan fingerprint density at radius 3 is 2.79 bits per heavy atom. The number of benzene rings is 1. The topological polar surface area (TPSA) is 96.5 Å². The summed E-state index contributed by atoms with van der Waals surface area (Å²) in [5, 5.41) is 14.7. The van der Waals surface area contributed by atoms with Crippen LogP contribution in [0.1, 0.15) is 5.76 Å². The molecule has 1 heterocycles. The highest BCUT2D eigenvalue weighted by atomic mass is 16.5. The van der Waals surface area contributed by atoms with Gasteiger partial charge in [-0.05, 0) is 24.3 Å². The Bertz CT molecular complexity index is 761. The number of carbonyl (C=O) groups is 1. The number of hydrogen-bond donors (Lipinski definition) is 2. The Kier molecular flexibility index (Phi) is 5.86. The standard InChI is InChI=1S/C17H17N3O4/c1-22-13-5-6-16(23-2)15(8-13)20-17(21)12(9-18)10-19-11-14-4-3-7-24-14/h3-8,10,19H,11H2,1-2H3,(H,20,21)/b12-10-. The largest absolute Gasteiger partial charge is 0.497 e. The maximum atomic E-state index is 12.2. The molecule has 7 heteroatoms. The first-order valence-electron chi connectivity index (χ1n) is 7.07. The van der Waals surface area contributed by atoms with Crippen molar-refractivity contribution in [2.75, 3.05) is 19.5 Å². The van der Waals surface area contributed by atoms with Crippen LogP contribution in [-0.4, -0.2) is 20.1 Å². The Balaban J connectivity index is 2.07. The molecule has 0 unspecified atom stereocenters. The lowest BCUT2D eigenvalue weighted by molar-refractivity contribution is -0.112.